The fourth-order valence-electron chi connectivity index (χ4n) is 10.9. The van der Waals surface area contributed by atoms with Crippen LogP contribution >= 0.6 is 0 Å². The molecule has 1 saturated heterocycles. The Balaban J connectivity index is 0.000000358. The van der Waals surface area contributed by atoms with Gasteiger partial charge in [0.15, 0.2) is 0 Å². The van der Waals surface area contributed by atoms with Gasteiger partial charge in [-0.15, -0.1) is 24.3 Å². The first kappa shape index (κ1) is 48.2. The van der Waals surface area contributed by atoms with Crippen LogP contribution < -0.4 is 0 Å². The van der Waals surface area contributed by atoms with E-state index < -0.39 is 10.8 Å². The number of phenols is 2. The summed E-state index contributed by atoms with van der Waals surface area (Å²) in [4.78, 5) is 2.37. The summed E-state index contributed by atoms with van der Waals surface area (Å²) < 4.78 is 6.20. The van der Waals surface area contributed by atoms with E-state index in [2.05, 4.69) is 168 Å². The molecular formula is C63H61NO3Ti+. The SMILES string of the molecule is Cc1cc(CN(Cc2cc(C)cc(C3(C)c4ccccc4-c4ccccc43)c2O)CC2CCCO2)c(O)c(C2(C)c3ccccc3-c3ccccc32)c1.[CH2-]c1ccccc1.[CH2-]c1ccccc1.[Ti+3]. The predicted molar refractivity (Wildman–Crippen MR) is 275 cm³/mol. The van der Waals surface area contributed by atoms with Crippen LogP contribution in [0, 0.1) is 27.7 Å². The molecule has 1 heterocycles. The van der Waals surface area contributed by atoms with Crippen molar-refractivity contribution in [1.29, 1.82) is 0 Å². The molecule has 1 fully saturated rings. The van der Waals surface area contributed by atoms with Gasteiger partial charge in [-0.05, 0) is 85.0 Å². The summed E-state index contributed by atoms with van der Waals surface area (Å²) in [6.45, 7) is 18.7. The van der Waals surface area contributed by atoms with E-state index in [1.165, 1.54) is 44.5 Å². The van der Waals surface area contributed by atoms with Crippen LogP contribution in [0.5, 0.6) is 11.5 Å². The van der Waals surface area contributed by atoms with Gasteiger partial charge in [0.1, 0.15) is 11.5 Å². The minimum absolute atomic E-state index is 0. The first-order valence-corrected chi connectivity index (χ1v) is 23.6. The van der Waals surface area contributed by atoms with Gasteiger partial charge in [0.2, 0.25) is 0 Å². The van der Waals surface area contributed by atoms with Gasteiger partial charge in [0.25, 0.3) is 0 Å². The van der Waals surface area contributed by atoms with Crippen LogP contribution in [0.4, 0.5) is 0 Å². The summed E-state index contributed by atoms with van der Waals surface area (Å²) in [6, 6.07) is 62.8. The molecule has 68 heavy (non-hydrogen) atoms. The second kappa shape index (κ2) is 20.5. The predicted octanol–water partition coefficient (Wildman–Crippen LogP) is 14.3. The van der Waals surface area contributed by atoms with Crippen molar-refractivity contribution < 1.29 is 36.7 Å². The van der Waals surface area contributed by atoms with Crippen molar-refractivity contribution in [2.75, 3.05) is 13.2 Å². The quantitative estimate of drug-likeness (QED) is 0.118. The largest absolute Gasteiger partial charge is 3.00 e. The van der Waals surface area contributed by atoms with Gasteiger partial charge in [0, 0.05) is 59.3 Å². The Kier molecular flexibility index (Phi) is 14.6. The fraction of sp³-hybridized carbons (Fsp3) is 0.206. The Morgan fingerprint density at radius 2 is 0.838 bits per heavy atom. The molecule has 0 aromatic heterocycles. The third kappa shape index (κ3) is 9.32. The normalized spacial score (nSPS) is 15.3. The van der Waals surface area contributed by atoms with Gasteiger partial charge in [-0.1, -0.05) is 145 Å². The summed E-state index contributed by atoms with van der Waals surface area (Å²) in [5.41, 5.74) is 16.7. The molecule has 0 amide bonds. The van der Waals surface area contributed by atoms with Crippen molar-refractivity contribution in [3.63, 3.8) is 0 Å². The summed E-state index contributed by atoms with van der Waals surface area (Å²) in [7, 11) is 0. The average molecular weight is 928 g/mol. The van der Waals surface area contributed by atoms with E-state index >= 15 is 0 Å². The Labute approximate surface area is 419 Å². The molecule has 8 aromatic carbocycles. The van der Waals surface area contributed by atoms with Crippen molar-refractivity contribution in [1.82, 2.24) is 4.90 Å². The van der Waals surface area contributed by atoms with Crippen LogP contribution in [-0.4, -0.2) is 34.4 Å². The molecule has 0 spiro atoms. The second-order valence-corrected chi connectivity index (χ2v) is 18.8. The molecule has 339 valence electrons. The van der Waals surface area contributed by atoms with Crippen LogP contribution in [0.25, 0.3) is 22.3 Å². The molecule has 1 unspecified atom stereocenters. The molecule has 4 nitrogen and oxygen atoms in total. The molecular weight excluding hydrogens is 867 g/mol. The first-order chi connectivity index (χ1) is 32.5. The minimum atomic E-state index is -0.509. The van der Waals surface area contributed by atoms with Crippen molar-refractivity contribution in [3.05, 3.63) is 263 Å². The zero-order chi connectivity index (χ0) is 46.7. The van der Waals surface area contributed by atoms with E-state index in [0.717, 1.165) is 64.0 Å². The standard InChI is InChI=1S/C49H47NO3.2C7H7.Ti/c1-31-24-33(46(51)44(26-31)48(3)40-19-9-5-15-36(40)37-16-6-10-20-41(37)48)28-50(30-35-14-13-23-53-35)29-34-25-32(2)27-45(47(34)52)49(4)42-21-11-7-17-38(42)39-18-8-12-22-43(39)49;2*1-7-5-3-2-4-6-7;/h5-12,15-22,24-27,35,51-52H,13-14,23,28-30H2,1-4H3;2*2-6H,1H2;/q;2*-1;+3. The zero-order valence-electron chi connectivity index (χ0n) is 39.8. The maximum Gasteiger partial charge on any atom is 3.00 e. The topological polar surface area (TPSA) is 52.9 Å². The number of benzene rings is 8. The van der Waals surface area contributed by atoms with E-state index in [9.17, 15) is 10.2 Å². The molecule has 2 aliphatic carbocycles. The maximum absolute atomic E-state index is 12.4. The molecule has 1 radical (unpaired) electrons. The van der Waals surface area contributed by atoms with Crippen molar-refractivity contribution in [2.24, 2.45) is 0 Å². The van der Waals surface area contributed by atoms with Gasteiger partial charge in [-0.25, -0.2) is 0 Å². The third-order valence-electron chi connectivity index (χ3n) is 14.1. The average Bonchev–Trinajstić information content (AvgIpc) is 4.03. The molecule has 2 N–H and O–H groups in total. The minimum Gasteiger partial charge on any atom is -0.507 e. The van der Waals surface area contributed by atoms with Crippen LogP contribution in [0.2, 0.25) is 0 Å². The van der Waals surface area contributed by atoms with E-state index in [1.54, 1.807) is 0 Å². The van der Waals surface area contributed by atoms with Crippen molar-refractivity contribution in [2.45, 2.75) is 70.6 Å². The molecule has 3 aliphatic rings. The Hall–Kier alpha value is -6.27. The molecule has 11 rings (SSSR count). The molecule has 8 aromatic rings. The van der Waals surface area contributed by atoms with Crippen LogP contribution in [0.3, 0.4) is 0 Å². The fourth-order valence-corrected chi connectivity index (χ4v) is 10.9. The summed E-state index contributed by atoms with van der Waals surface area (Å²) in [5, 5.41) is 24.7. The van der Waals surface area contributed by atoms with Crippen molar-refractivity contribution >= 4 is 0 Å². The second-order valence-electron chi connectivity index (χ2n) is 18.8. The van der Waals surface area contributed by atoms with E-state index in [4.69, 9.17) is 4.74 Å². The number of phenolic OH excluding ortho intramolecular Hbond substituents is 2. The number of aromatic hydroxyl groups is 2. The first-order valence-electron chi connectivity index (χ1n) is 23.6. The monoisotopic (exact) mass is 927 g/mol. The van der Waals surface area contributed by atoms with E-state index in [0.29, 0.717) is 31.1 Å². The zero-order valence-corrected chi connectivity index (χ0v) is 41.4. The van der Waals surface area contributed by atoms with Gasteiger partial charge >= 0.3 is 21.7 Å². The molecule has 1 aliphatic heterocycles. The number of aryl methyl sites for hydroxylation is 2. The van der Waals surface area contributed by atoms with Crippen LogP contribution in [0.15, 0.2) is 182 Å². The van der Waals surface area contributed by atoms with Gasteiger partial charge in [-0.3, -0.25) is 4.90 Å². The summed E-state index contributed by atoms with van der Waals surface area (Å²) in [5.74, 6) is 0.672. The maximum atomic E-state index is 12.4. The van der Waals surface area contributed by atoms with Gasteiger partial charge in [0.05, 0.1) is 6.10 Å². The van der Waals surface area contributed by atoms with E-state index in [1.807, 2.05) is 60.7 Å². The number of hydrogen-bond acceptors (Lipinski definition) is 4. The number of fused-ring (bicyclic) bond motifs is 6. The van der Waals surface area contributed by atoms with Gasteiger partial charge < -0.3 is 14.9 Å². The van der Waals surface area contributed by atoms with Crippen molar-refractivity contribution in [3.8, 4) is 33.8 Å². The number of ether oxygens (including phenoxy) is 1. The number of rotatable bonds is 8. The van der Waals surface area contributed by atoms with Gasteiger partial charge in [-0.2, -0.15) is 49.2 Å². The number of nitrogens with zero attached hydrogens (tertiary/aromatic N) is 1. The molecule has 0 saturated carbocycles. The summed E-state index contributed by atoms with van der Waals surface area (Å²) in [6.07, 6.45) is 2.15. The molecule has 0 bridgehead atoms. The Morgan fingerprint density at radius 1 is 0.500 bits per heavy atom. The number of hydrogen-bond donors (Lipinski definition) is 2. The Morgan fingerprint density at radius 3 is 1.15 bits per heavy atom. The third-order valence-corrected chi connectivity index (χ3v) is 14.1. The molecule has 1 atom stereocenters. The van der Waals surface area contributed by atoms with Crippen LogP contribution in [0.1, 0.15) is 93.5 Å². The Bertz CT molecular complexity index is 2720. The molecule has 5 heteroatoms. The summed E-state index contributed by atoms with van der Waals surface area (Å²) >= 11 is 0. The smallest absolute Gasteiger partial charge is 0.507 e. The van der Waals surface area contributed by atoms with Crippen LogP contribution in [-0.2, 0) is 50.4 Å². The van der Waals surface area contributed by atoms with E-state index in [-0.39, 0.29) is 27.8 Å².